The summed E-state index contributed by atoms with van der Waals surface area (Å²) >= 11 is 0. The van der Waals surface area contributed by atoms with Crippen LogP contribution in [0.25, 0.3) is 0 Å². The highest BCUT2D eigenvalue weighted by atomic mass is 16.5. The third kappa shape index (κ3) is 3.40. The van der Waals surface area contributed by atoms with E-state index < -0.39 is 0 Å². The van der Waals surface area contributed by atoms with Gasteiger partial charge in [-0.2, -0.15) is 0 Å². The van der Waals surface area contributed by atoms with Crippen LogP contribution in [0.5, 0.6) is 0 Å². The van der Waals surface area contributed by atoms with Gasteiger partial charge in [-0.3, -0.25) is 9.78 Å². The maximum absolute atomic E-state index is 12.7. The van der Waals surface area contributed by atoms with Crippen molar-refractivity contribution in [1.29, 1.82) is 0 Å². The number of carbonyl (C=O) groups excluding carboxylic acids is 1. The third-order valence-electron chi connectivity index (χ3n) is 5.18. The average molecular weight is 316 g/mol. The van der Waals surface area contributed by atoms with Crippen molar-refractivity contribution in [2.75, 3.05) is 19.8 Å². The highest BCUT2D eigenvalue weighted by molar-refractivity contribution is 5.94. The summed E-state index contributed by atoms with van der Waals surface area (Å²) in [4.78, 5) is 18.6. The summed E-state index contributed by atoms with van der Waals surface area (Å²) in [6.07, 6.45) is 9.28. The molecule has 1 amide bonds. The Balaban J connectivity index is 1.31. The quantitative estimate of drug-likeness (QED) is 0.836. The van der Waals surface area contributed by atoms with E-state index in [0.29, 0.717) is 6.61 Å². The van der Waals surface area contributed by atoms with Gasteiger partial charge in [-0.05, 0) is 50.2 Å². The summed E-state index contributed by atoms with van der Waals surface area (Å²) < 4.78 is 12.0. The number of amides is 1. The predicted octanol–water partition coefficient (Wildman–Crippen LogP) is 2.27. The number of hydrogen-bond acceptors (Lipinski definition) is 4. The third-order valence-corrected chi connectivity index (χ3v) is 5.18. The number of rotatable bonds is 5. The van der Waals surface area contributed by atoms with Gasteiger partial charge < -0.3 is 14.4 Å². The van der Waals surface area contributed by atoms with Crippen LogP contribution >= 0.6 is 0 Å². The zero-order chi connectivity index (χ0) is 15.6. The molecule has 5 heteroatoms. The molecule has 1 aliphatic carbocycles. The van der Waals surface area contributed by atoms with Crippen LogP contribution in [0.2, 0.25) is 0 Å². The molecule has 3 fully saturated rings. The van der Waals surface area contributed by atoms with Crippen LogP contribution in [-0.4, -0.2) is 53.8 Å². The second kappa shape index (κ2) is 6.57. The molecular weight excluding hydrogens is 292 g/mol. The highest BCUT2D eigenvalue weighted by Crippen LogP contribution is 2.33. The second-order valence-electron chi connectivity index (χ2n) is 6.95. The molecule has 0 N–H and O–H groups in total. The normalized spacial score (nSPS) is 30.3. The van der Waals surface area contributed by atoms with Crippen LogP contribution in [0.1, 0.15) is 42.5 Å². The zero-order valence-electron chi connectivity index (χ0n) is 13.4. The number of pyridine rings is 1. The number of carbonyl (C=O) groups is 1. The zero-order valence-corrected chi connectivity index (χ0v) is 13.4. The molecule has 3 aliphatic rings. The summed E-state index contributed by atoms with van der Waals surface area (Å²) in [6, 6.07) is 3.79. The van der Waals surface area contributed by atoms with Crippen molar-refractivity contribution in [3.63, 3.8) is 0 Å². The fourth-order valence-corrected chi connectivity index (χ4v) is 3.68. The first-order valence-corrected chi connectivity index (χ1v) is 8.75. The van der Waals surface area contributed by atoms with Crippen LogP contribution in [0, 0.1) is 5.92 Å². The molecule has 23 heavy (non-hydrogen) atoms. The van der Waals surface area contributed by atoms with Crippen molar-refractivity contribution in [3.05, 3.63) is 30.1 Å². The Labute approximate surface area is 137 Å². The molecule has 1 aromatic heterocycles. The molecule has 0 aromatic carbocycles. The topological polar surface area (TPSA) is 51.7 Å². The Morgan fingerprint density at radius 2 is 2.00 bits per heavy atom. The molecule has 2 saturated heterocycles. The number of likely N-dealkylation sites (tertiary alicyclic amines) is 1. The van der Waals surface area contributed by atoms with Gasteiger partial charge in [0.05, 0.1) is 24.9 Å². The SMILES string of the molecule is O=C(c1ccncc1)N1CC[C@@H]2O[C@H](COCC3CC3)CC[C@@H]21. The lowest BCUT2D eigenvalue weighted by atomic mass is 9.99. The molecule has 4 rings (SSSR count). The van der Waals surface area contributed by atoms with Gasteiger partial charge in [0.25, 0.3) is 5.91 Å². The molecule has 1 saturated carbocycles. The minimum Gasteiger partial charge on any atom is -0.378 e. The van der Waals surface area contributed by atoms with E-state index in [1.54, 1.807) is 24.5 Å². The molecule has 0 spiro atoms. The first-order valence-electron chi connectivity index (χ1n) is 8.75. The Morgan fingerprint density at radius 1 is 1.17 bits per heavy atom. The molecule has 1 aromatic rings. The molecule has 3 heterocycles. The first kappa shape index (κ1) is 15.1. The van der Waals surface area contributed by atoms with E-state index in [2.05, 4.69) is 4.98 Å². The predicted molar refractivity (Wildman–Crippen MR) is 85.1 cm³/mol. The fourth-order valence-electron chi connectivity index (χ4n) is 3.68. The van der Waals surface area contributed by atoms with E-state index in [0.717, 1.165) is 43.9 Å². The van der Waals surface area contributed by atoms with E-state index in [1.807, 2.05) is 4.90 Å². The molecule has 0 bridgehead atoms. The van der Waals surface area contributed by atoms with Crippen LogP contribution in [0.15, 0.2) is 24.5 Å². The monoisotopic (exact) mass is 316 g/mol. The molecule has 5 nitrogen and oxygen atoms in total. The number of nitrogens with zero attached hydrogens (tertiary/aromatic N) is 2. The van der Waals surface area contributed by atoms with E-state index in [9.17, 15) is 4.79 Å². The summed E-state index contributed by atoms with van der Waals surface area (Å²) in [5, 5.41) is 0. The second-order valence-corrected chi connectivity index (χ2v) is 6.95. The summed E-state index contributed by atoms with van der Waals surface area (Å²) in [6.45, 7) is 2.38. The van der Waals surface area contributed by atoms with Crippen molar-refractivity contribution in [3.8, 4) is 0 Å². The van der Waals surface area contributed by atoms with E-state index in [4.69, 9.17) is 9.47 Å². The van der Waals surface area contributed by atoms with E-state index in [-0.39, 0.29) is 24.2 Å². The van der Waals surface area contributed by atoms with Crippen LogP contribution in [-0.2, 0) is 9.47 Å². The molecule has 2 aliphatic heterocycles. The average Bonchev–Trinajstić information content (AvgIpc) is 3.32. The lowest BCUT2D eigenvalue weighted by Gasteiger charge is -2.36. The van der Waals surface area contributed by atoms with Gasteiger partial charge in [0.15, 0.2) is 0 Å². The number of aromatic nitrogens is 1. The Bertz CT molecular complexity index is 546. The fraction of sp³-hybridized carbons (Fsp3) is 0.667. The Kier molecular flexibility index (Phi) is 4.31. The number of hydrogen-bond donors (Lipinski definition) is 0. The molecule has 0 unspecified atom stereocenters. The Hall–Kier alpha value is -1.46. The van der Waals surface area contributed by atoms with Crippen LogP contribution < -0.4 is 0 Å². The molecule has 0 radical (unpaired) electrons. The largest absolute Gasteiger partial charge is 0.378 e. The molecule has 3 atom stereocenters. The minimum absolute atomic E-state index is 0.104. The van der Waals surface area contributed by atoms with Gasteiger partial charge in [-0.25, -0.2) is 0 Å². The summed E-state index contributed by atoms with van der Waals surface area (Å²) in [7, 11) is 0. The van der Waals surface area contributed by atoms with Gasteiger partial charge in [-0.15, -0.1) is 0 Å². The maximum atomic E-state index is 12.7. The smallest absolute Gasteiger partial charge is 0.254 e. The Morgan fingerprint density at radius 3 is 2.78 bits per heavy atom. The van der Waals surface area contributed by atoms with Crippen molar-refractivity contribution in [1.82, 2.24) is 9.88 Å². The summed E-state index contributed by atoms with van der Waals surface area (Å²) in [5.41, 5.74) is 0.718. The van der Waals surface area contributed by atoms with E-state index in [1.165, 1.54) is 12.8 Å². The lowest BCUT2D eigenvalue weighted by molar-refractivity contribution is -0.0973. The minimum atomic E-state index is 0.104. The number of fused-ring (bicyclic) bond motifs is 1. The lowest BCUT2D eigenvalue weighted by Crippen LogP contribution is -2.46. The van der Waals surface area contributed by atoms with Gasteiger partial charge in [0.2, 0.25) is 0 Å². The van der Waals surface area contributed by atoms with Gasteiger partial charge in [0, 0.05) is 31.1 Å². The standard InChI is InChI=1S/C18H24N2O3/c21-18(14-5-8-19-9-6-14)20-10-7-17-16(20)4-3-15(23-17)12-22-11-13-1-2-13/h5-6,8-9,13,15-17H,1-4,7,10-12H2/t15-,16-,17-/m0/s1. The van der Waals surface area contributed by atoms with Crippen molar-refractivity contribution >= 4 is 5.91 Å². The van der Waals surface area contributed by atoms with Gasteiger partial charge >= 0.3 is 0 Å². The summed E-state index contributed by atoms with van der Waals surface area (Å²) in [5.74, 6) is 0.901. The highest BCUT2D eigenvalue weighted by Gasteiger charge is 2.42. The van der Waals surface area contributed by atoms with Crippen LogP contribution in [0.4, 0.5) is 0 Å². The van der Waals surface area contributed by atoms with Gasteiger partial charge in [-0.1, -0.05) is 0 Å². The van der Waals surface area contributed by atoms with Crippen molar-refractivity contribution in [2.24, 2.45) is 5.92 Å². The number of ether oxygens (including phenoxy) is 2. The molecular formula is C18H24N2O3. The molecule has 124 valence electrons. The van der Waals surface area contributed by atoms with E-state index >= 15 is 0 Å². The van der Waals surface area contributed by atoms with Crippen LogP contribution in [0.3, 0.4) is 0 Å². The van der Waals surface area contributed by atoms with Crippen molar-refractivity contribution < 1.29 is 14.3 Å². The first-order chi connectivity index (χ1) is 11.3. The van der Waals surface area contributed by atoms with Gasteiger partial charge in [0.1, 0.15) is 0 Å². The van der Waals surface area contributed by atoms with Crippen molar-refractivity contribution in [2.45, 2.75) is 50.4 Å². The maximum Gasteiger partial charge on any atom is 0.254 e.